The van der Waals surface area contributed by atoms with Crippen molar-refractivity contribution in [1.82, 2.24) is 29.4 Å². The molecule has 0 atom stereocenters. The van der Waals surface area contributed by atoms with E-state index in [4.69, 9.17) is 0 Å². The highest BCUT2D eigenvalue weighted by Gasteiger charge is 2.15. The summed E-state index contributed by atoms with van der Waals surface area (Å²) in [6.45, 7) is 6.20. The van der Waals surface area contributed by atoms with Gasteiger partial charge in [0.1, 0.15) is 11.6 Å². The van der Waals surface area contributed by atoms with Crippen molar-refractivity contribution in [2.45, 2.75) is 33.4 Å². The van der Waals surface area contributed by atoms with Crippen molar-refractivity contribution < 1.29 is 9.18 Å². The largest absolute Gasteiger partial charge is 0.324 e. The number of aryl methyl sites for hydroxylation is 1. The van der Waals surface area contributed by atoms with E-state index in [1.54, 1.807) is 40.9 Å². The topological polar surface area (TPSA) is 80.9 Å². The second-order valence-corrected chi connectivity index (χ2v) is 6.58. The van der Waals surface area contributed by atoms with E-state index in [9.17, 15) is 9.18 Å². The molecule has 0 aliphatic heterocycles. The van der Waals surface area contributed by atoms with Gasteiger partial charge in [0.15, 0.2) is 0 Å². The van der Waals surface area contributed by atoms with Gasteiger partial charge in [0.2, 0.25) is 5.95 Å². The van der Waals surface area contributed by atoms with Crippen LogP contribution in [0.25, 0.3) is 5.69 Å². The fourth-order valence-corrected chi connectivity index (χ4v) is 2.66. The maximum atomic E-state index is 13.0. The Bertz CT molecular complexity index is 930. The Morgan fingerprint density at radius 2 is 2.00 bits per heavy atom. The summed E-state index contributed by atoms with van der Waals surface area (Å²) >= 11 is 0. The van der Waals surface area contributed by atoms with Crippen LogP contribution < -0.4 is 5.32 Å². The Morgan fingerprint density at radius 1 is 1.30 bits per heavy atom. The van der Waals surface area contributed by atoms with Gasteiger partial charge in [0.05, 0.1) is 18.4 Å². The Kier molecular flexibility index (Phi) is 5.20. The molecule has 142 valence electrons. The number of benzene rings is 1. The molecule has 2 amide bonds. The van der Waals surface area contributed by atoms with E-state index in [0.717, 1.165) is 17.1 Å². The molecular weight excluding hydrogens is 349 g/mol. The van der Waals surface area contributed by atoms with Crippen LogP contribution in [0.15, 0.2) is 36.7 Å². The number of halogens is 1. The first-order valence-electron chi connectivity index (χ1n) is 8.58. The van der Waals surface area contributed by atoms with Gasteiger partial charge in [-0.2, -0.15) is 10.1 Å². The van der Waals surface area contributed by atoms with Gasteiger partial charge in [-0.25, -0.2) is 18.5 Å². The smallest absolute Gasteiger partial charge is 0.323 e. The molecule has 8 nitrogen and oxygen atoms in total. The third-order valence-electron chi connectivity index (χ3n) is 4.00. The highest BCUT2D eigenvalue weighted by Crippen LogP contribution is 2.12. The maximum absolute atomic E-state index is 13.0. The van der Waals surface area contributed by atoms with E-state index in [0.29, 0.717) is 6.54 Å². The lowest BCUT2D eigenvalue weighted by Crippen LogP contribution is -2.31. The molecule has 0 spiro atoms. The van der Waals surface area contributed by atoms with Crippen LogP contribution in [-0.4, -0.2) is 42.5 Å². The summed E-state index contributed by atoms with van der Waals surface area (Å²) in [5.74, 6) is 0.717. The van der Waals surface area contributed by atoms with Gasteiger partial charge < -0.3 is 4.90 Å². The number of carbonyl (C=O) groups is 1. The first-order chi connectivity index (χ1) is 12.8. The molecule has 27 heavy (non-hydrogen) atoms. The minimum Gasteiger partial charge on any atom is -0.323 e. The Hall–Kier alpha value is -3.23. The van der Waals surface area contributed by atoms with Crippen LogP contribution in [0.4, 0.5) is 15.1 Å². The molecule has 0 bridgehead atoms. The zero-order chi connectivity index (χ0) is 19.6. The van der Waals surface area contributed by atoms with E-state index in [-0.39, 0.29) is 23.8 Å². The molecule has 0 saturated carbocycles. The molecule has 0 aliphatic carbocycles. The van der Waals surface area contributed by atoms with Gasteiger partial charge >= 0.3 is 6.03 Å². The summed E-state index contributed by atoms with van der Waals surface area (Å²) in [5, 5.41) is 11.2. The molecule has 0 aliphatic rings. The van der Waals surface area contributed by atoms with Crippen LogP contribution in [0.2, 0.25) is 0 Å². The van der Waals surface area contributed by atoms with E-state index in [1.165, 1.54) is 17.0 Å². The number of hydrogen-bond acceptors (Lipinski definition) is 4. The zero-order valence-corrected chi connectivity index (χ0v) is 15.7. The van der Waals surface area contributed by atoms with E-state index in [1.807, 2.05) is 20.8 Å². The molecule has 0 saturated heterocycles. The van der Waals surface area contributed by atoms with Gasteiger partial charge in [-0.3, -0.25) is 5.32 Å². The molecule has 2 heterocycles. The summed E-state index contributed by atoms with van der Waals surface area (Å²) < 4.78 is 16.4. The number of hydrogen-bond donors (Lipinski definition) is 1. The third kappa shape index (κ3) is 4.30. The van der Waals surface area contributed by atoms with Gasteiger partial charge in [-0.05, 0) is 45.0 Å². The molecule has 9 heteroatoms. The zero-order valence-electron chi connectivity index (χ0n) is 15.7. The fraction of sp³-hybridized carbons (Fsp3) is 0.333. The summed E-state index contributed by atoms with van der Waals surface area (Å²) in [5.41, 5.74) is 1.59. The fourth-order valence-electron chi connectivity index (χ4n) is 2.66. The second kappa shape index (κ2) is 7.56. The molecule has 2 aromatic heterocycles. The molecule has 0 unspecified atom stereocenters. The average Bonchev–Trinajstić information content (AvgIpc) is 3.22. The first kappa shape index (κ1) is 18.6. The number of carbonyl (C=O) groups excluding carboxylic acids is 1. The molecular formula is C18H22FN7O. The highest BCUT2D eigenvalue weighted by atomic mass is 19.1. The summed E-state index contributed by atoms with van der Waals surface area (Å²) in [7, 11) is 1.68. The van der Waals surface area contributed by atoms with Gasteiger partial charge in [-0.1, -0.05) is 0 Å². The standard InChI is InChI=1S/C18H22FN7O/c1-12(2)26-13(3)21-17(23-26)22-18(27)24(4)10-14-9-20-25(11-14)16-7-5-15(19)6-8-16/h5-9,11-12H,10H2,1-4H3,(H,22,23,27). The van der Waals surface area contributed by atoms with Crippen LogP contribution in [-0.2, 0) is 6.54 Å². The lowest BCUT2D eigenvalue weighted by Gasteiger charge is -2.15. The van der Waals surface area contributed by atoms with Crippen molar-refractivity contribution >= 4 is 12.0 Å². The minimum absolute atomic E-state index is 0.165. The predicted molar refractivity (Wildman–Crippen MR) is 99.2 cm³/mol. The number of urea groups is 1. The second-order valence-electron chi connectivity index (χ2n) is 6.58. The van der Waals surface area contributed by atoms with E-state index < -0.39 is 0 Å². The van der Waals surface area contributed by atoms with Crippen LogP contribution in [0.1, 0.15) is 31.3 Å². The Labute approximate surface area is 156 Å². The van der Waals surface area contributed by atoms with E-state index in [2.05, 4.69) is 20.5 Å². The number of nitrogens with zero attached hydrogens (tertiary/aromatic N) is 6. The molecule has 1 N–H and O–H groups in total. The SMILES string of the molecule is Cc1nc(NC(=O)N(C)Cc2cnn(-c3ccc(F)cc3)c2)nn1C(C)C. The van der Waals surface area contributed by atoms with Crippen molar-refractivity contribution in [3.8, 4) is 5.69 Å². The highest BCUT2D eigenvalue weighted by molar-refractivity contribution is 5.87. The number of amides is 2. The lowest BCUT2D eigenvalue weighted by molar-refractivity contribution is 0.220. The van der Waals surface area contributed by atoms with Crippen molar-refractivity contribution in [3.05, 3.63) is 53.9 Å². The van der Waals surface area contributed by atoms with Crippen molar-refractivity contribution in [1.29, 1.82) is 0 Å². The van der Waals surface area contributed by atoms with Crippen molar-refractivity contribution in [3.63, 3.8) is 0 Å². The lowest BCUT2D eigenvalue weighted by atomic mass is 10.3. The van der Waals surface area contributed by atoms with Gasteiger partial charge in [0, 0.05) is 24.8 Å². The van der Waals surface area contributed by atoms with E-state index >= 15 is 0 Å². The Morgan fingerprint density at radius 3 is 2.63 bits per heavy atom. The maximum Gasteiger partial charge on any atom is 0.324 e. The third-order valence-corrected chi connectivity index (χ3v) is 4.00. The van der Waals surface area contributed by atoms with Gasteiger partial charge in [-0.15, -0.1) is 5.10 Å². The number of rotatable bonds is 5. The number of aromatic nitrogens is 5. The summed E-state index contributed by atoms with van der Waals surface area (Å²) in [6, 6.07) is 5.88. The van der Waals surface area contributed by atoms with Crippen molar-refractivity contribution in [2.75, 3.05) is 12.4 Å². The number of anilines is 1. The van der Waals surface area contributed by atoms with Crippen LogP contribution in [0.3, 0.4) is 0 Å². The van der Waals surface area contributed by atoms with Crippen LogP contribution >= 0.6 is 0 Å². The molecule has 1 aromatic carbocycles. The quantitative estimate of drug-likeness (QED) is 0.747. The Balaban J connectivity index is 1.63. The predicted octanol–water partition coefficient (Wildman–Crippen LogP) is 3.16. The van der Waals surface area contributed by atoms with Crippen LogP contribution in [0.5, 0.6) is 0 Å². The normalized spacial score (nSPS) is 11.0. The number of nitrogens with one attached hydrogen (secondary N) is 1. The summed E-state index contributed by atoms with van der Waals surface area (Å²) in [6.07, 6.45) is 3.47. The molecule has 3 aromatic rings. The molecule has 0 fully saturated rings. The minimum atomic E-state index is -0.314. The average molecular weight is 371 g/mol. The van der Waals surface area contributed by atoms with Crippen molar-refractivity contribution in [2.24, 2.45) is 0 Å². The van der Waals surface area contributed by atoms with Crippen LogP contribution in [0, 0.1) is 12.7 Å². The summed E-state index contributed by atoms with van der Waals surface area (Å²) in [4.78, 5) is 18.1. The monoisotopic (exact) mass is 371 g/mol. The molecule has 0 radical (unpaired) electrons. The molecule has 3 rings (SSSR count). The van der Waals surface area contributed by atoms with Gasteiger partial charge in [0.25, 0.3) is 0 Å². The first-order valence-corrected chi connectivity index (χ1v) is 8.58.